The van der Waals surface area contributed by atoms with Crippen molar-refractivity contribution >= 4 is 11.9 Å². The first-order valence-corrected chi connectivity index (χ1v) is 13.3. The molecule has 1 N–H and O–H groups in total. The number of nitriles is 1. The number of nitrogens with zero attached hydrogens (tertiary/aromatic N) is 6. The Morgan fingerprint density at radius 2 is 2.02 bits per heavy atom. The fourth-order valence-corrected chi connectivity index (χ4v) is 5.81. The number of benzene rings is 1. The molecule has 3 heterocycles. The Morgan fingerprint density at radius 1 is 1.27 bits per heavy atom. The van der Waals surface area contributed by atoms with E-state index in [2.05, 4.69) is 21.4 Å². The molecule has 1 aliphatic carbocycles. The van der Waals surface area contributed by atoms with Crippen molar-refractivity contribution in [3.8, 4) is 11.8 Å². The molecule has 11 heteroatoms. The quantitative estimate of drug-likeness (QED) is 0.427. The Bertz CT molecular complexity index is 1500. The van der Waals surface area contributed by atoms with Crippen LogP contribution in [0.2, 0.25) is 0 Å². The second-order valence-electron chi connectivity index (χ2n) is 10.8. The monoisotopic (exact) mass is 549 g/mol. The normalized spacial score (nSPS) is 19.9. The van der Waals surface area contributed by atoms with E-state index in [1.807, 2.05) is 35.8 Å². The first kappa shape index (κ1) is 27.5. The molecule has 1 spiro atoms. The van der Waals surface area contributed by atoms with Gasteiger partial charge in [-0.2, -0.15) is 5.26 Å². The minimum Gasteiger partial charge on any atom is -0.492 e. The molecule has 1 amide bonds. The molecule has 2 atom stereocenters. The van der Waals surface area contributed by atoms with Gasteiger partial charge >= 0.3 is 0 Å². The Hall–Kier alpha value is -4.04. The number of hydrogen-bond donors (Lipinski definition) is 1. The summed E-state index contributed by atoms with van der Waals surface area (Å²) < 4.78 is 38.2. The van der Waals surface area contributed by atoms with Crippen LogP contribution in [-0.2, 0) is 18.5 Å². The molecule has 1 saturated carbocycles. The molecule has 1 aromatic carbocycles. The van der Waals surface area contributed by atoms with Crippen molar-refractivity contribution in [1.29, 1.82) is 5.26 Å². The zero-order valence-electron chi connectivity index (χ0n) is 23.3. The fourth-order valence-electron chi connectivity index (χ4n) is 5.81. The molecule has 0 radical (unpaired) electrons. The first-order valence-electron chi connectivity index (χ1n) is 13.3. The van der Waals surface area contributed by atoms with Crippen LogP contribution in [0.4, 0.5) is 14.7 Å². The molecule has 1 aliphatic heterocycles. The molecule has 2 aromatic heterocycles. The van der Waals surface area contributed by atoms with Gasteiger partial charge in [0.05, 0.1) is 30.3 Å². The van der Waals surface area contributed by atoms with Crippen LogP contribution in [0, 0.1) is 11.3 Å². The first-order chi connectivity index (χ1) is 19.0. The average Bonchev–Trinajstić information content (AvgIpc) is 3.20. The minimum absolute atomic E-state index is 0.121. The Morgan fingerprint density at radius 3 is 2.65 bits per heavy atom. The van der Waals surface area contributed by atoms with Gasteiger partial charge in [0.1, 0.15) is 17.4 Å². The molecule has 1 unspecified atom stereocenters. The topological polar surface area (TPSA) is 99.3 Å². The number of imidazole rings is 1. The lowest BCUT2D eigenvalue weighted by Gasteiger charge is -2.40. The summed E-state index contributed by atoms with van der Waals surface area (Å²) in [7, 11) is 5.55. The third-order valence-corrected chi connectivity index (χ3v) is 7.77. The summed E-state index contributed by atoms with van der Waals surface area (Å²) in [5.41, 5.74) is 1.59. The van der Waals surface area contributed by atoms with Gasteiger partial charge in [-0.15, -0.1) is 0 Å². The minimum atomic E-state index is -2.94. The molecule has 9 nitrogen and oxygen atoms in total. The van der Waals surface area contributed by atoms with E-state index in [0.717, 1.165) is 11.1 Å². The van der Waals surface area contributed by atoms with Crippen molar-refractivity contribution < 1.29 is 18.3 Å². The summed E-state index contributed by atoms with van der Waals surface area (Å²) in [5, 5.41) is 12.5. The number of pyridine rings is 1. The van der Waals surface area contributed by atoms with Crippen molar-refractivity contribution in [3.05, 3.63) is 70.3 Å². The molecule has 40 heavy (non-hydrogen) atoms. The van der Waals surface area contributed by atoms with Gasteiger partial charge in [0.25, 0.3) is 11.8 Å². The van der Waals surface area contributed by atoms with Crippen LogP contribution in [0.1, 0.15) is 64.6 Å². The lowest BCUT2D eigenvalue weighted by molar-refractivity contribution is 0.0450. The standard InChI is InChI=1S/C29H33F2N7O2/c1-6-40-24-11-23(35-13-21(24)12-32)18(2)38-17-28(16-29(28,30)31)25-20(15-36(4)5)9-19(10-22(25)26(38)39)14-37-8-7-34-27(37)33-3/h7-11,13,18H,6,14-17H2,1-5H3,(H,33,34)/t18-,28?/m1/s1. The van der Waals surface area contributed by atoms with E-state index in [1.54, 1.807) is 39.2 Å². The van der Waals surface area contributed by atoms with Crippen molar-refractivity contribution in [1.82, 2.24) is 24.3 Å². The number of fused-ring (bicyclic) bond motifs is 2. The SMILES string of the molecule is CCOc1cc([C@@H](C)N2CC3(CC3(F)F)c3c(CN(C)C)cc(Cn4ccnc4NC)cc3C2=O)ncc1C#N. The number of halogens is 2. The summed E-state index contributed by atoms with van der Waals surface area (Å²) in [6.07, 6.45) is 4.59. The van der Waals surface area contributed by atoms with Gasteiger partial charge in [0, 0.05) is 56.8 Å². The number of hydrogen-bond acceptors (Lipinski definition) is 7. The van der Waals surface area contributed by atoms with E-state index in [9.17, 15) is 10.1 Å². The third kappa shape index (κ3) is 4.56. The van der Waals surface area contributed by atoms with Crippen LogP contribution < -0.4 is 10.1 Å². The number of aromatic nitrogens is 3. The average molecular weight is 550 g/mol. The summed E-state index contributed by atoms with van der Waals surface area (Å²) in [6, 6.07) is 6.75. The number of carbonyl (C=O) groups excluding carboxylic acids is 1. The van der Waals surface area contributed by atoms with Crippen LogP contribution in [0.5, 0.6) is 5.75 Å². The van der Waals surface area contributed by atoms with Crippen molar-refractivity contribution in [2.45, 2.75) is 50.7 Å². The van der Waals surface area contributed by atoms with Gasteiger partial charge in [-0.1, -0.05) is 6.07 Å². The number of ether oxygens (including phenoxy) is 1. The fraction of sp³-hybridized carbons (Fsp3) is 0.448. The van der Waals surface area contributed by atoms with Gasteiger partial charge in [-0.05, 0) is 50.7 Å². The summed E-state index contributed by atoms with van der Waals surface area (Å²) in [5.74, 6) is -2.24. The maximum Gasteiger partial charge on any atom is 0.260 e. The highest BCUT2D eigenvalue weighted by Gasteiger charge is 2.75. The second kappa shape index (κ2) is 10.2. The number of carbonyl (C=O) groups is 1. The second-order valence-corrected chi connectivity index (χ2v) is 10.8. The molecular weight excluding hydrogens is 516 g/mol. The van der Waals surface area contributed by atoms with Crippen molar-refractivity contribution in [3.63, 3.8) is 0 Å². The van der Waals surface area contributed by atoms with Gasteiger partial charge < -0.3 is 24.4 Å². The van der Waals surface area contributed by atoms with Gasteiger partial charge in [-0.3, -0.25) is 9.78 Å². The van der Waals surface area contributed by atoms with E-state index in [4.69, 9.17) is 4.74 Å². The van der Waals surface area contributed by atoms with Crippen LogP contribution >= 0.6 is 0 Å². The zero-order chi connectivity index (χ0) is 28.8. The maximum absolute atomic E-state index is 15.4. The molecule has 1 fully saturated rings. The number of alkyl halides is 2. The smallest absolute Gasteiger partial charge is 0.260 e. The number of amides is 1. The van der Waals surface area contributed by atoms with Crippen LogP contribution in [0.25, 0.3) is 0 Å². The van der Waals surface area contributed by atoms with Crippen LogP contribution in [0.15, 0.2) is 36.8 Å². The summed E-state index contributed by atoms with van der Waals surface area (Å²) >= 11 is 0. The van der Waals surface area contributed by atoms with Crippen LogP contribution in [0.3, 0.4) is 0 Å². The highest BCUT2D eigenvalue weighted by molar-refractivity contribution is 5.99. The molecule has 210 valence electrons. The number of nitrogens with one attached hydrogen (secondary N) is 1. The van der Waals surface area contributed by atoms with E-state index < -0.39 is 17.4 Å². The van der Waals surface area contributed by atoms with Gasteiger partial charge in [0.2, 0.25) is 5.95 Å². The van der Waals surface area contributed by atoms with Crippen molar-refractivity contribution in [2.75, 3.05) is 39.6 Å². The number of anilines is 1. The van der Waals surface area contributed by atoms with Gasteiger partial charge in [0.15, 0.2) is 0 Å². The molecule has 5 rings (SSSR count). The molecule has 0 saturated heterocycles. The molecule has 2 aliphatic rings. The predicted molar refractivity (Wildman–Crippen MR) is 146 cm³/mol. The lowest BCUT2D eigenvalue weighted by Crippen LogP contribution is -2.47. The van der Waals surface area contributed by atoms with Crippen LogP contribution in [-0.4, -0.2) is 70.5 Å². The Balaban J connectivity index is 1.61. The van der Waals surface area contributed by atoms with E-state index >= 15 is 8.78 Å². The van der Waals surface area contributed by atoms with E-state index in [1.165, 1.54) is 11.1 Å². The summed E-state index contributed by atoms with van der Waals surface area (Å²) in [4.78, 5) is 26.2. The molecule has 0 bridgehead atoms. The highest BCUT2D eigenvalue weighted by Crippen LogP contribution is 2.65. The van der Waals surface area contributed by atoms with E-state index in [0.29, 0.717) is 48.2 Å². The molecule has 3 aromatic rings. The maximum atomic E-state index is 15.4. The Kier molecular flexibility index (Phi) is 7.00. The zero-order valence-corrected chi connectivity index (χ0v) is 23.3. The van der Waals surface area contributed by atoms with E-state index in [-0.39, 0.29) is 24.4 Å². The number of rotatable bonds is 9. The summed E-state index contributed by atoms with van der Waals surface area (Å²) in [6.45, 7) is 4.66. The largest absolute Gasteiger partial charge is 0.492 e. The Labute approximate surface area is 232 Å². The van der Waals surface area contributed by atoms with Crippen molar-refractivity contribution in [2.24, 2.45) is 0 Å². The molecular formula is C29H33F2N7O2. The van der Waals surface area contributed by atoms with Gasteiger partial charge in [-0.25, -0.2) is 13.8 Å². The third-order valence-electron chi connectivity index (χ3n) is 7.77. The lowest BCUT2D eigenvalue weighted by atomic mass is 9.80. The predicted octanol–water partition coefficient (Wildman–Crippen LogP) is 4.19. The highest BCUT2D eigenvalue weighted by atomic mass is 19.3.